The van der Waals surface area contributed by atoms with Crippen LogP contribution in [0.2, 0.25) is 0 Å². The molecular weight excluding hydrogens is 380 g/mol. The fraction of sp³-hybridized carbons (Fsp3) is 0.167. The van der Waals surface area contributed by atoms with E-state index in [2.05, 4.69) is 26.0 Å². The first-order valence-electron chi connectivity index (χ1n) is 6.13. The van der Waals surface area contributed by atoms with Gasteiger partial charge in [-0.1, -0.05) is 0 Å². The van der Waals surface area contributed by atoms with Crippen LogP contribution in [0, 0.1) is 5.82 Å². The van der Waals surface area contributed by atoms with Crippen molar-refractivity contribution in [2.24, 2.45) is 0 Å². The van der Waals surface area contributed by atoms with Crippen LogP contribution in [0.5, 0.6) is 0 Å². The molecule has 0 radical (unpaired) electrons. The van der Waals surface area contributed by atoms with Crippen LogP contribution in [-0.2, 0) is 6.54 Å². The average molecular weight is 390 g/mol. The summed E-state index contributed by atoms with van der Waals surface area (Å²) >= 11 is 3.05. The minimum Gasteiger partial charge on any atom is -0.465 e. The summed E-state index contributed by atoms with van der Waals surface area (Å²) in [6.45, 7) is -0.600. The maximum Gasteiger partial charge on any atom is 0.404 e. The Hall–Kier alpha value is -2.56. The van der Waals surface area contributed by atoms with E-state index in [1.807, 2.05) is 5.32 Å². The predicted octanol–water partition coefficient (Wildman–Crippen LogP) is 1.45. The second-order valence-electron chi connectivity index (χ2n) is 4.33. The van der Waals surface area contributed by atoms with Crippen molar-refractivity contribution < 1.29 is 18.7 Å². The minimum absolute atomic E-state index is 0.0241. The molecule has 2 aromatic rings. The van der Waals surface area contributed by atoms with E-state index >= 15 is 0 Å². The van der Waals surface area contributed by atoms with Gasteiger partial charge in [0.1, 0.15) is 6.33 Å². The number of amides is 1. The number of aromatic nitrogens is 4. The molecule has 0 saturated carbocycles. The number of carboxylic acid groups (broad SMARTS) is 1. The zero-order valence-corrected chi connectivity index (χ0v) is 13.0. The van der Waals surface area contributed by atoms with Crippen molar-refractivity contribution in [3.63, 3.8) is 0 Å². The van der Waals surface area contributed by atoms with Gasteiger partial charge in [-0.05, 0) is 27.6 Å². The van der Waals surface area contributed by atoms with Crippen molar-refractivity contribution >= 4 is 22.0 Å². The van der Waals surface area contributed by atoms with Crippen LogP contribution < -0.4 is 11.0 Å². The van der Waals surface area contributed by atoms with Crippen LogP contribution in [0.4, 0.5) is 13.6 Å². The van der Waals surface area contributed by atoms with E-state index in [0.29, 0.717) is 4.47 Å². The van der Waals surface area contributed by atoms with Crippen molar-refractivity contribution in [1.82, 2.24) is 24.6 Å². The zero-order valence-electron chi connectivity index (χ0n) is 11.4. The average Bonchev–Trinajstić information content (AvgIpc) is 2.84. The molecule has 122 valence electrons. The second-order valence-corrected chi connectivity index (χ2v) is 5.24. The number of rotatable bonds is 5. The summed E-state index contributed by atoms with van der Waals surface area (Å²) in [5.41, 5.74) is -0.766. The highest BCUT2D eigenvalue weighted by atomic mass is 79.9. The second kappa shape index (κ2) is 7.13. The van der Waals surface area contributed by atoms with Crippen LogP contribution >= 0.6 is 15.9 Å². The molecule has 2 rings (SSSR count). The minimum atomic E-state index is -1.33. The number of nitrogens with one attached hydrogen (secondary N) is 1. The standard InChI is InChI=1S/C12H10BrF2N5O3/c13-8-1-9(15)10(16-4-8)19-6-18-20(12(19)23)5-7(2-14)3-17-11(21)22/h1-2,4,6,17H,3,5H2,(H,21,22). The lowest BCUT2D eigenvalue weighted by Crippen LogP contribution is -2.29. The van der Waals surface area contributed by atoms with Crippen molar-refractivity contribution in [2.75, 3.05) is 6.54 Å². The summed E-state index contributed by atoms with van der Waals surface area (Å²) in [5.74, 6) is -0.992. The normalized spacial score (nSPS) is 11.5. The number of nitrogens with zero attached hydrogens (tertiary/aromatic N) is 4. The molecule has 0 spiro atoms. The fourth-order valence-electron chi connectivity index (χ4n) is 1.69. The maximum atomic E-state index is 13.8. The van der Waals surface area contributed by atoms with Crippen molar-refractivity contribution in [2.45, 2.75) is 6.54 Å². The SMILES string of the molecule is O=C(O)NCC(=CF)Cn1ncn(-c2ncc(Br)cc2F)c1=O. The molecule has 0 aliphatic carbocycles. The lowest BCUT2D eigenvalue weighted by Gasteiger charge is -2.05. The molecule has 0 saturated heterocycles. The smallest absolute Gasteiger partial charge is 0.404 e. The molecular formula is C12H10BrF2N5O3. The van der Waals surface area contributed by atoms with Gasteiger partial charge in [0.15, 0.2) is 11.6 Å². The molecule has 0 atom stereocenters. The molecule has 2 aromatic heterocycles. The molecule has 0 aliphatic rings. The third-order valence-electron chi connectivity index (χ3n) is 2.72. The predicted molar refractivity (Wildman–Crippen MR) is 78.5 cm³/mol. The molecule has 11 heteroatoms. The molecule has 1 amide bonds. The van der Waals surface area contributed by atoms with Gasteiger partial charge in [0, 0.05) is 17.2 Å². The zero-order chi connectivity index (χ0) is 17.0. The molecule has 0 unspecified atom stereocenters. The summed E-state index contributed by atoms with van der Waals surface area (Å²) in [4.78, 5) is 26.3. The Labute approximate surface area is 136 Å². The largest absolute Gasteiger partial charge is 0.465 e. The Morgan fingerprint density at radius 2 is 2.26 bits per heavy atom. The number of carbonyl (C=O) groups is 1. The van der Waals surface area contributed by atoms with Crippen molar-refractivity contribution in [3.05, 3.63) is 51.3 Å². The number of pyridine rings is 1. The molecule has 8 nitrogen and oxygen atoms in total. The summed E-state index contributed by atoms with van der Waals surface area (Å²) in [6.07, 6.45) is 1.21. The first-order chi connectivity index (χ1) is 10.9. The molecule has 0 aliphatic heterocycles. The monoisotopic (exact) mass is 389 g/mol. The van der Waals surface area contributed by atoms with E-state index in [1.54, 1.807) is 0 Å². The molecule has 0 fully saturated rings. The molecule has 2 heterocycles. The number of hydrogen-bond donors (Lipinski definition) is 2. The van der Waals surface area contributed by atoms with Gasteiger partial charge in [0.25, 0.3) is 0 Å². The van der Waals surface area contributed by atoms with Crippen LogP contribution in [-0.4, -0.2) is 37.1 Å². The Kier molecular flexibility index (Phi) is 5.21. The fourth-order valence-corrected chi connectivity index (χ4v) is 1.99. The number of hydrogen-bond acceptors (Lipinski definition) is 4. The van der Waals surface area contributed by atoms with Gasteiger partial charge >= 0.3 is 11.8 Å². The highest BCUT2D eigenvalue weighted by Gasteiger charge is 2.14. The summed E-state index contributed by atoms with van der Waals surface area (Å²) in [7, 11) is 0. The lowest BCUT2D eigenvalue weighted by molar-refractivity contribution is 0.195. The topological polar surface area (TPSA) is 102 Å². The van der Waals surface area contributed by atoms with E-state index in [0.717, 1.165) is 21.6 Å². The van der Waals surface area contributed by atoms with Gasteiger partial charge in [0.2, 0.25) is 0 Å². The first kappa shape index (κ1) is 16.8. The van der Waals surface area contributed by atoms with E-state index in [4.69, 9.17) is 5.11 Å². The third-order valence-corrected chi connectivity index (χ3v) is 3.16. The third kappa shape index (κ3) is 4.00. The Morgan fingerprint density at radius 3 is 2.87 bits per heavy atom. The van der Waals surface area contributed by atoms with Crippen molar-refractivity contribution in [3.8, 4) is 5.82 Å². The molecule has 0 bridgehead atoms. The number of halogens is 3. The van der Waals surface area contributed by atoms with Crippen LogP contribution in [0.25, 0.3) is 5.82 Å². The molecule has 2 N–H and O–H groups in total. The Bertz CT molecular complexity index is 817. The van der Waals surface area contributed by atoms with E-state index in [1.165, 1.54) is 6.20 Å². The van der Waals surface area contributed by atoms with Gasteiger partial charge in [-0.3, -0.25) is 0 Å². The molecule has 23 heavy (non-hydrogen) atoms. The van der Waals surface area contributed by atoms with Gasteiger partial charge in [-0.25, -0.2) is 32.6 Å². The molecule has 0 aromatic carbocycles. The van der Waals surface area contributed by atoms with Crippen LogP contribution in [0.15, 0.2) is 39.8 Å². The van der Waals surface area contributed by atoms with E-state index in [9.17, 15) is 18.4 Å². The highest BCUT2D eigenvalue weighted by molar-refractivity contribution is 9.10. The van der Waals surface area contributed by atoms with Crippen LogP contribution in [0.1, 0.15) is 0 Å². The van der Waals surface area contributed by atoms with Crippen LogP contribution in [0.3, 0.4) is 0 Å². The summed E-state index contributed by atoms with van der Waals surface area (Å²) < 4.78 is 28.7. The van der Waals surface area contributed by atoms with E-state index < -0.39 is 17.6 Å². The van der Waals surface area contributed by atoms with Gasteiger partial charge < -0.3 is 10.4 Å². The van der Waals surface area contributed by atoms with E-state index in [-0.39, 0.29) is 30.8 Å². The highest BCUT2D eigenvalue weighted by Crippen LogP contribution is 2.14. The summed E-state index contributed by atoms with van der Waals surface area (Å²) in [5, 5.41) is 14.2. The Balaban J connectivity index is 2.25. The lowest BCUT2D eigenvalue weighted by atomic mass is 10.3. The Morgan fingerprint density at radius 1 is 1.52 bits per heavy atom. The van der Waals surface area contributed by atoms with Gasteiger partial charge in [-0.15, -0.1) is 0 Å². The quantitative estimate of drug-likeness (QED) is 0.805. The summed E-state index contributed by atoms with van der Waals surface area (Å²) in [6, 6.07) is 1.13. The maximum absolute atomic E-state index is 13.8. The van der Waals surface area contributed by atoms with Gasteiger partial charge in [-0.2, -0.15) is 5.10 Å². The van der Waals surface area contributed by atoms with Gasteiger partial charge in [0.05, 0.1) is 12.9 Å². The van der Waals surface area contributed by atoms with Crippen molar-refractivity contribution in [1.29, 1.82) is 0 Å². The first-order valence-corrected chi connectivity index (χ1v) is 6.92.